The lowest BCUT2D eigenvalue weighted by Gasteiger charge is -2.15. The summed E-state index contributed by atoms with van der Waals surface area (Å²) in [5.41, 5.74) is 3.64. The number of halogens is 2. The number of hydrogen-bond donors (Lipinski definition) is 1. The fourth-order valence-corrected chi connectivity index (χ4v) is 2.90. The molecule has 0 radical (unpaired) electrons. The first-order valence-corrected chi connectivity index (χ1v) is 7.76. The zero-order valence-corrected chi connectivity index (χ0v) is 13.9. The first kappa shape index (κ1) is 17.1. The van der Waals surface area contributed by atoms with Crippen LogP contribution in [0.2, 0.25) is 5.02 Å². The molecule has 0 amide bonds. The smallest absolute Gasteiger partial charge is 0.141 e. The number of nitrogens with one attached hydrogen (secondary N) is 1. The predicted octanol–water partition coefficient (Wildman–Crippen LogP) is 3.47. The van der Waals surface area contributed by atoms with Crippen LogP contribution in [0.25, 0.3) is 0 Å². The van der Waals surface area contributed by atoms with Gasteiger partial charge < -0.3 is 10.1 Å². The minimum Gasteiger partial charge on any atom is -0.491 e. The van der Waals surface area contributed by atoms with Gasteiger partial charge in [0.05, 0.1) is 11.6 Å². The van der Waals surface area contributed by atoms with E-state index in [0.717, 1.165) is 43.8 Å². The van der Waals surface area contributed by atoms with Crippen molar-refractivity contribution in [2.24, 2.45) is 0 Å². The molecule has 3 rings (SSSR count). The van der Waals surface area contributed by atoms with Crippen molar-refractivity contribution in [2.75, 3.05) is 19.7 Å². The fourth-order valence-electron chi connectivity index (χ4n) is 2.67. The standard InChI is InChI=1S/C17H19ClN2O.ClH/c18-16-5-4-13-6-10-19-11-7-15(13)17(16)21-12-8-14-3-1-2-9-20-14;/h1-5,9,19H,6-8,10-12H2;1H. The van der Waals surface area contributed by atoms with Crippen LogP contribution in [0.15, 0.2) is 36.5 Å². The van der Waals surface area contributed by atoms with E-state index in [1.165, 1.54) is 11.1 Å². The molecular weight excluding hydrogens is 319 g/mol. The van der Waals surface area contributed by atoms with E-state index in [9.17, 15) is 0 Å². The third kappa shape index (κ3) is 4.13. The first-order chi connectivity index (χ1) is 10.3. The summed E-state index contributed by atoms with van der Waals surface area (Å²) >= 11 is 6.34. The van der Waals surface area contributed by atoms with E-state index in [0.29, 0.717) is 11.6 Å². The Kier molecular flexibility index (Phi) is 6.49. The zero-order valence-electron chi connectivity index (χ0n) is 12.3. The van der Waals surface area contributed by atoms with Crippen LogP contribution in [0.1, 0.15) is 16.8 Å². The molecule has 2 heterocycles. The normalized spacial score (nSPS) is 13.7. The van der Waals surface area contributed by atoms with Crippen LogP contribution in [0.3, 0.4) is 0 Å². The van der Waals surface area contributed by atoms with Crippen LogP contribution in [0.4, 0.5) is 0 Å². The summed E-state index contributed by atoms with van der Waals surface area (Å²) in [7, 11) is 0. The number of hydrogen-bond acceptors (Lipinski definition) is 3. The molecule has 0 saturated heterocycles. The summed E-state index contributed by atoms with van der Waals surface area (Å²) in [5, 5.41) is 4.12. The molecule has 0 atom stereocenters. The average molecular weight is 339 g/mol. The highest BCUT2D eigenvalue weighted by molar-refractivity contribution is 6.32. The predicted molar refractivity (Wildman–Crippen MR) is 92.4 cm³/mol. The lowest BCUT2D eigenvalue weighted by Crippen LogP contribution is -2.16. The van der Waals surface area contributed by atoms with Gasteiger partial charge in [-0.3, -0.25) is 4.98 Å². The van der Waals surface area contributed by atoms with Gasteiger partial charge in [-0.2, -0.15) is 0 Å². The Morgan fingerprint density at radius 3 is 2.82 bits per heavy atom. The molecule has 1 N–H and O–H groups in total. The Morgan fingerprint density at radius 1 is 1.14 bits per heavy atom. The maximum Gasteiger partial charge on any atom is 0.141 e. The molecular formula is C17H20Cl2N2O. The Morgan fingerprint density at radius 2 is 2.00 bits per heavy atom. The van der Waals surface area contributed by atoms with Gasteiger partial charge in [-0.25, -0.2) is 0 Å². The Bertz CT molecular complexity index is 605. The highest BCUT2D eigenvalue weighted by atomic mass is 35.5. The average Bonchev–Trinajstić information content (AvgIpc) is 2.76. The molecule has 1 aromatic heterocycles. The van der Waals surface area contributed by atoms with Gasteiger partial charge in [0.2, 0.25) is 0 Å². The molecule has 0 bridgehead atoms. The van der Waals surface area contributed by atoms with Crippen molar-refractivity contribution in [2.45, 2.75) is 19.3 Å². The van der Waals surface area contributed by atoms with Crippen molar-refractivity contribution in [3.05, 3.63) is 58.4 Å². The molecule has 1 aliphatic heterocycles. The number of ether oxygens (including phenoxy) is 1. The quantitative estimate of drug-likeness (QED) is 0.926. The molecule has 1 aromatic carbocycles. The van der Waals surface area contributed by atoms with Crippen molar-refractivity contribution in [3.63, 3.8) is 0 Å². The number of aromatic nitrogens is 1. The van der Waals surface area contributed by atoms with Crippen molar-refractivity contribution in [3.8, 4) is 5.75 Å². The third-order valence-corrected chi connectivity index (χ3v) is 4.06. The van der Waals surface area contributed by atoms with E-state index in [4.69, 9.17) is 16.3 Å². The summed E-state index contributed by atoms with van der Waals surface area (Å²) in [6, 6.07) is 10.00. The second kappa shape index (κ2) is 8.37. The van der Waals surface area contributed by atoms with Gasteiger partial charge in [0, 0.05) is 23.9 Å². The van der Waals surface area contributed by atoms with E-state index in [1.54, 1.807) is 0 Å². The molecule has 5 heteroatoms. The summed E-state index contributed by atoms with van der Waals surface area (Å²) in [6.45, 7) is 2.59. The number of fused-ring (bicyclic) bond motifs is 1. The van der Waals surface area contributed by atoms with Crippen LogP contribution < -0.4 is 10.1 Å². The van der Waals surface area contributed by atoms with Gasteiger partial charge in [-0.15, -0.1) is 12.4 Å². The molecule has 3 nitrogen and oxygen atoms in total. The first-order valence-electron chi connectivity index (χ1n) is 7.38. The zero-order chi connectivity index (χ0) is 14.5. The number of nitrogens with zero attached hydrogens (tertiary/aromatic N) is 1. The van der Waals surface area contributed by atoms with E-state index in [2.05, 4.69) is 16.4 Å². The van der Waals surface area contributed by atoms with E-state index < -0.39 is 0 Å². The van der Waals surface area contributed by atoms with Gasteiger partial charge in [0.25, 0.3) is 0 Å². The van der Waals surface area contributed by atoms with E-state index in [-0.39, 0.29) is 12.4 Å². The molecule has 0 fully saturated rings. The molecule has 2 aromatic rings. The van der Waals surface area contributed by atoms with Crippen LogP contribution in [0, 0.1) is 0 Å². The third-order valence-electron chi connectivity index (χ3n) is 3.76. The van der Waals surface area contributed by atoms with Crippen molar-refractivity contribution >= 4 is 24.0 Å². The van der Waals surface area contributed by atoms with Crippen LogP contribution in [0.5, 0.6) is 5.75 Å². The Labute approximate surface area is 142 Å². The summed E-state index contributed by atoms with van der Waals surface area (Å²) in [6.07, 6.45) is 4.60. The lowest BCUT2D eigenvalue weighted by atomic mass is 10.0. The lowest BCUT2D eigenvalue weighted by molar-refractivity contribution is 0.317. The highest BCUT2D eigenvalue weighted by Crippen LogP contribution is 2.33. The molecule has 22 heavy (non-hydrogen) atoms. The summed E-state index contributed by atoms with van der Waals surface area (Å²) in [4.78, 5) is 4.31. The summed E-state index contributed by atoms with van der Waals surface area (Å²) < 4.78 is 5.99. The highest BCUT2D eigenvalue weighted by Gasteiger charge is 2.15. The maximum absolute atomic E-state index is 6.34. The SMILES string of the molecule is Cl.Clc1ccc2c(c1OCCc1ccccn1)CCNCC2. The van der Waals surface area contributed by atoms with Gasteiger partial charge >= 0.3 is 0 Å². The number of rotatable bonds is 4. The van der Waals surface area contributed by atoms with Crippen molar-refractivity contribution < 1.29 is 4.74 Å². The van der Waals surface area contributed by atoms with Crippen LogP contribution in [-0.2, 0) is 19.3 Å². The minimum atomic E-state index is 0. The van der Waals surface area contributed by atoms with Gasteiger partial charge in [0.15, 0.2) is 0 Å². The molecule has 1 aliphatic rings. The molecule has 118 valence electrons. The topological polar surface area (TPSA) is 34.1 Å². The maximum atomic E-state index is 6.34. The Balaban J connectivity index is 0.00000176. The van der Waals surface area contributed by atoms with E-state index >= 15 is 0 Å². The van der Waals surface area contributed by atoms with Crippen molar-refractivity contribution in [1.82, 2.24) is 10.3 Å². The molecule has 0 spiro atoms. The second-order valence-electron chi connectivity index (χ2n) is 5.18. The molecule has 0 saturated carbocycles. The van der Waals surface area contributed by atoms with Gasteiger partial charge in [-0.05, 0) is 49.7 Å². The number of benzene rings is 1. The molecule has 0 unspecified atom stereocenters. The second-order valence-corrected chi connectivity index (χ2v) is 5.59. The monoisotopic (exact) mass is 338 g/mol. The fraction of sp³-hybridized carbons (Fsp3) is 0.353. The van der Waals surface area contributed by atoms with Crippen molar-refractivity contribution in [1.29, 1.82) is 0 Å². The minimum absolute atomic E-state index is 0. The summed E-state index contributed by atoms with van der Waals surface area (Å²) in [5.74, 6) is 0.855. The van der Waals surface area contributed by atoms with Crippen LogP contribution in [-0.4, -0.2) is 24.7 Å². The Hall–Kier alpha value is -1.29. The van der Waals surface area contributed by atoms with Gasteiger partial charge in [-0.1, -0.05) is 23.7 Å². The van der Waals surface area contributed by atoms with Crippen LogP contribution >= 0.6 is 24.0 Å². The molecule has 0 aliphatic carbocycles. The largest absolute Gasteiger partial charge is 0.491 e. The van der Waals surface area contributed by atoms with Gasteiger partial charge in [0.1, 0.15) is 5.75 Å². The number of pyridine rings is 1. The van der Waals surface area contributed by atoms with E-state index in [1.807, 2.05) is 30.5 Å².